The van der Waals surface area contributed by atoms with Crippen LogP contribution in [-0.2, 0) is 0 Å². The summed E-state index contributed by atoms with van der Waals surface area (Å²) < 4.78 is 14.0. The Balaban J connectivity index is 1.12. The summed E-state index contributed by atoms with van der Waals surface area (Å²) in [5, 5.41) is 25.9. The van der Waals surface area contributed by atoms with E-state index in [1.807, 2.05) is 0 Å². The lowest BCUT2D eigenvalue weighted by atomic mass is 10.0. The van der Waals surface area contributed by atoms with Gasteiger partial charge in [0.1, 0.15) is 6.07 Å². The first-order chi connectivity index (χ1) is 34.6. The topological polar surface area (TPSA) is 42.9 Å². The molecule has 0 fully saturated rings. The Labute approximate surface area is 410 Å². The molecule has 0 N–H and O–H groups in total. The van der Waals surface area contributed by atoms with Crippen LogP contribution < -0.4 is 0 Å². The van der Waals surface area contributed by atoms with Gasteiger partial charge >= 0.3 is 0 Å². The second-order valence-corrected chi connectivity index (χ2v) is 21.4. The smallest absolute Gasteiger partial charge is 0.235 e. The third-order valence-electron chi connectivity index (χ3n) is 14.7. The molecule has 6 aromatic heterocycles. The van der Waals surface area contributed by atoms with Crippen LogP contribution in [0.25, 0.3) is 148 Å². The van der Waals surface area contributed by atoms with Gasteiger partial charge in [0.15, 0.2) is 0 Å². The first-order valence-corrected chi connectivity index (χ1v) is 25.6. The molecule has 70 heavy (non-hydrogen) atoms. The van der Waals surface area contributed by atoms with Crippen LogP contribution in [-0.4, -0.2) is 13.7 Å². The number of nitriles is 1. The highest BCUT2D eigenvalue weighted by atomic mass is 32.1. The molecule has 0 spiro atoms. The first kappa shape index (κ1) is 38.2. The molecule has 16 aromatic rings. The number of aromatic nitrogens is 3. The van der Waals surface area contributed by atoms with Gasteiger partial charge in [-0.15, -0.1) is 34.0 Å². The van der Waals surface area contributed by atoms with E-state index in [1.165, 1.54) is 55.8 Å². The van der Waals surface area contributed by atoms with E-state index in [9.17, 15) is 11.8 Å². The minimum Gasteiger partial charge on any atom is -0.319 e. The molecule has 0 aliphatic heterocycles. The van der Waals surface area contributed by atoms with E-state index in [4.69, 9.17) is 0 Å². The van der Waals surface area contributed by atoms with Crippen LogP contribution in [0.2, 0.25) is 0 Å². The predicted molar refractivity (Wildman–Crippen MR) is 299 cm³/mol. The molecule has 8 heteroatoms. The molecule has 10 aromatic carbocycles. The highest BCUT2D eigenvalue weighted by Crippen LogP contribution is 2.50. The van der Waals surface area contributed by atoms with Gasteiger partial charge in [0.2, 0.25) is 5.69 Å². The second kappa shape index (κ2) is 13.9. The van der Waals surface area contributed by atoms with Gasteiger partial charge in [-0.05, 0) is 78.9 Å². The van der Waals surface area contributed by atoms with Crippen LogP contribution in [0.1, 0.15) is 5.56 Å². The van der Waals surface area contributed by atoms with E-state index >= 15 is 0 Å². The van der Waals surface area contributed by atoms with Gasteiger partial charge in [0.25, 0.3) is 0 Å². The van der Waals surface area contributed by atoms with Crippen LogP contribution in [0.5, 0.6) is 0 Å². The molecule has 0 aliphatic rings. The predicted octanol–water partition coefficient (Wildman–Crippen LogP) is 18.5. The molecule has 6 heterocycles. The van der Waals surface area contributed by atoms with Crippen molar-refractivity contribution in [2.75, 3.05) is 0 Å². The molecule has 0 radical (unpaired) electrons. The van der Waals surface area contributed by atoms with Crippen molar-refractivity contribution >= 4 is 166 Å². The highest BCUT2D eigenvalue weighted by Gasteiger charge is 2.29. The zero-order valence-corrected chi connectivity index (χ0v) is 39.3. The molecule has 0 saturated heterocycles. The molecular weight excluding hydrogens is 911 g/mol. The molecule has 0 saturated carbocycles. The molecule has 0 atom stereocenters. The Kier molecular flexibility index (Phi) is 7.60. The lowest BCUT2D eigenvalue weighted by Crippen LogP contribution is -2.08. The normalized spacial score (nSPS) is 12.3. The van der Waals surface area contributed by atoms with Crippen LogP contribution in [0.15, 0.2) is 188 Å². The maximum Gasteiger partial charge on any atom is 0.235 e. The fourth-order valence-electron chi connectivity index (χ4n) is 11.7. The van der Waals surface area contributed by atoms with Crippen molar-refractivity contribution in [3.05, 3.63) is 205 Å². The van der Waals surface area contributed by atoms with Gasteiger partial charge in [-0.3, -0.25) is 0 Å². The fourth-order valence-corrected chi connectivity index (χ4v) is 15.1. The number of para-hydroxylation sites is 3. The molecule has 0 aliphatic carbocycles. The van der Waals surface area contributed by atoms with Crippen molar-refractivity contribution in [3.63, 3.8) is 0 Å². The Bertz CT molecular complexity index is 4890. The average Bonchev–Trinajstić information content (AvgIpc) is 4.25. The second-order valence-electron chi connectivity index (χ2n) is 18.2. The largest absolute Gasteiger partial charge is 0.319 e. The lowest BCUT2D eigenvalue weighted by molar-refractivity contribution is 1.09. The maximum absolute atomic E-state index is 12.0. The van der Waals surface area contributed by atoms with Crippen molar-refractivity contribution < 1.29 is 0 Å². The van der Waals surface area contributed by atoms with E-state index < -0.39 is 0 Å². The van der Waals surface area contributed by atoms with Gasteiger partial charge in [0.05, 0.1) is 62.3 Å². The number of benzene rings is 10. The Hall–Kier alpha value is -8.76. The summed E-state index contributed by atoms with van der Waals surface area (Å²) in [6.45, 7) is 9.38. The van der Waals surface area contributed by atoms with Gasteiger partial charge < -0.3 is 13.7 Å². The standard InChI is InChI=1S/C62H31N5S3/c1-64-61-54(66-48-21-9-3-15-35(48)41-27-44-38-18-6-12-24-56(38)69-59(44)31-52(41)66)29-50(65-47-20-8-2-14-34(47)40-26-43-37-17-5-11-23-55(37)68-58(43)30-51(40)65)46(33-63)62(61)67-49-22-10-4-16-36(49)42-28-45-39-19-7-13-25-57(39)70-60(45)32-53(42)67/h2-32H. The molecular formula is C62H31N5S3. The van der Waals surface area contributed by atoms with E-state index in [0.717, 1.165) is 70.1 Å². The van der Waals surface area contributed by atoms with Gasteiger partial charge in [0, 0.05) is 92.8 Å². The summed E-state index contributed by atoms with van der Waals surface area (Å²) in [6.07, 6.45) is 0. The average molecular weight is 942 g/mol. The number of fused-ring (bicyclic) bond motifs is 18. The summed E-state index contributed by atoms with van der Waals surface area (Å²) in [4.78, 5) is 4.58. The van der Waals surface area contributed by atoms with Crippen LogP contribution in [0.4, 0.5) is 5.69 Å². The zero-order valence-electron chi connectivity index (χ0n) is 36.9. The van der Waals surface area contributed by atoms with Gasteiger partial charge in [-0.1, -0.05) is 109 Å². The van der Waals surface area contributed by atoms with Crippen molar-refractivity contribution in [2.24, 2.45) is 0 Å². The van der Waals surface area contributed by atoms with E-state index in [2.05, 4.69) is 213 Å². The van der Waals surface area contributed by atoms with E-state index in [-0.39, 0.29) is 0 Å². The van der Waals surface area contributed by atoms with Crippen molar-refractivity contribution in [1.82, 2.24) is 13.7 Å². The summed E-state index contributed by atoms with van der Waals surface area (Å²) in [5.74, 6) is 0. The molecule has 0 amide bonds. The van der Waals surface area contributed by atoms with E-state index in [1.54, 1.807) is 34.0 Å². The van der Waals surface area contributed by atoms with Crippen LogP contribution >= 0.6 is 34.0 Å². The molecule has 5 nitrogen and oxygen atoms in total. The summed E-state index contributed by atoms with van der Waals surface area (Å²) in [6, 6.07) is 70.3. The molecule has 322 valence electrons. The fraction of sp³-hybridized carbons (Fsp3) is 0. The first-order valence-electron chi connectivity index (χ1n) is 23.2. The Morgan fingerprint density at radius 2 is 0.700 bits per heavy atom. The summed E-state index contributed by atoms with van der Waals surface area (Å²) in [7, 11) is 0. The summed E-state index contributed by atoms with van der Waals surface area (Å²) in [5.41, 5.74) is 8.73. The Morgan fingerprint density at radius 1 is 0.343 bits per heavy atom. The van der Waals surface area contributed by atoms with Crippen LogP contribution in [0, 0.1) is 17.9 Å². The van der Waals surface area contributed by atoms with Crippen molar-refractivity contribution in [3.8, 4) is 23.1 Å². The quantitative estimate of drug-likeness (QED) is 0.163. The third kappa shape index (κ3) is 4.96. The SMILES string of the molecule is [C-]#[N+]c1c(-n2c3ccccc3c3cc4c(cc32)sc2ccccc24)cc(-n2c3ccccc3c3cc4c(cc32)sc2ccccc24)c(C#N)c1-n1c2ccccc2c2cc3c(cc21)sc1ccccc13. The number of nitrogens with zero attached hydrogens (tertiary/aromatic N) is 5. The minimum atomic E-state index is 0.408. The summed E-state index contributed by atoms with van der Waals surface area (Å²) >= 11 is 5.37. The molecule has 0 unspecified atom stereocenters. The van der Waals surface area contributed by atoms with Gasteiger partial charge in [-0.2, -0.15) is 5.26 Å². The third-order valence-corrected chi connectivity index (χ3v) is 18.1. The lowest BCUT2D eigenvalue weighted by Gasteiger charge is -2.21. The highest BCUT2D eigenvalue weighted by molar-refractivity contribution is 7.26. The van der Waals surface area contributed by atoms with Crippen molar-refractivity contribution in [2.45, 2.75) is 0 Å². The zero-order chi connectivity index (χ0) is 45.9. The number of hydrogen-bond donors (Lipinski definition) is 0. The number of hydrogen-bond acceptors (Lipinski definition) is 4. The van der Waals surface area contributed by atoms with Crippen molar-refractivity contribution in [1.29, 1.82) is 5.26 Å². The Morgan fingerprint density at radius 3 is 1.11 bits per heavy atom. The van der Waals surface area contributed by atoms with Crippen LogP contribution in [0.3, 0.4) is 0 Å². The monoisotopic (exact) mass is 941 g/mol. The number of rotatable bonds is 3. The maximum atomic E-state index is 12.0. The van der Waals surface area contributed by atoms with Gasteiger partial charge in [-0.25, -0.2) is 4.85 Å². The molecule has 0 bridgehead atoms. The number of thiophene rings is 3. The minimum absolute atomic E-state index is 0.408. The van der Waals surface area contributed by atoms with E-state index in [0.29, 0.717) is 28.3 Å². The molecule has 16 rings (SSSR count).